The molecule has 0 unspecified atom stereocenters. The van der Waals surface area contributed by atoms with Gasteiger partial charge in [-0.25, -0.2) is 0 Å². The fourth-order valence-corrected chi connectivity index (χ4v) is 0.964. The van der Waals surface area contributed by atoms with Gasteiger partial charge in [-0.3, -0.25) is 9.59 Å². The molecule has 0 aliphatic rings. The monoisotopic (exact) mass is 163 g/mol. The smallest absolute Gasteiger partial charge is 0.272 e. The van der Waals surface area contributed by atoms with E-state index in [1.54, 1.807) is 12.1 Å². The number of fused-ring (bicyclic) bond motifs is 1. The summed E-state index contributed by atoms with van der Waals surface area (Å²) in [6, 6.07) is 4.55. The van der Waals surface area contributed by atoms with Crippen LogP contribution in [-0.2, 0) is 0 Å². The second-order valence-corrected chi connectivity index (χ2v) is 2.29. The third-order valence-corrected chi connectivity index (χ3v) is 1.47. The number of pyridine rings is 1. The quantitative estimate of drug-likeness (QED) is 0.563. The highest BCUT2D eigenvalue weighted by Crippen LogP contribution is 1.86. The molecule has 1 N–H and O–H groups in total. The van der Waals surface area contributed by atoms with Crippen molar-refractivity contribution in [3.63, 3.8) is 0 Å². The molecule has 0 atom stereocenters. The standard InChI is InChI=1S/C7H5N3O2/c11-6-4-8-10-5(9-6)2-1-3-7(10)12/h1-4H,(H,9,11). The van der Waals surface area contributed by atoms with Gasteiger partial charge >= 0.3 is 0 Å². The van der Waals surface area contributed by atoms with Gasteiger partial charge in [0.2, 0.25) is 0 Å². The Bertz CT molecular complexity index is 526. The normalized spacial score (nSPS) is 10.3. The lowest BCUT2D eigenvalue weighted by atomic mass is 10.5. The van der Waals surface area contributed by atoms with E-state index in [4.69, 9.17) is 0 Å². The Kier molecular flexibility index (Phi) is 1.30. The predicted octanol–water partition coefficient (Wildman–Crippen LogP) is -0.617. The maximum atomic E-state index is 11.1. The number of hydrogen-bond acceptors (Lipinski definition) is 3. The number of aromatic nitrogens is 3. The Morgan fingerprint density at radius 1 is 1.33 bits per heavy atom. The molecule has 0 saturated carbocycles. The summed E-state index contributed by atoms with van der Waals surface area (Å²) in [5.74, 6) is 0. The van der Waals surface area contributed by atoms with Crippen LogP contribution >= 0.6 is 0 Å². The third-order valence-electron chi connectivity index (χ3n) is 1.47. The molecule has 0 aliphatic carbocycles. The van der Waals surface area contributed by atoms with Gasteiger partial charge in [-0.05, 0) is 6.07 Å². The van der Waals surface area contributed by atoms with Crippen LogP contribution in [0.4, 0.5) is 0 Å². The zero-order valence-electron chi connectivity index (χ0n) is 6.02. The van der Waals surface area contributed by atoms with E-state index in [-0.39, 0.29) is 11.1 Å². The zero-order chi connectivity index (χ0) is 8.55. The summed E-state index contributed by atoms with van der Waals surface area (Å²) in [4.78, 5) is 24.3. The largest absolute Gasteiger partial charge is 0.306 e. The van der Waals surface area contributed by atoms with Crippen LogP contribution < -0.4 is 11.1 Å². The highest BCUT2D eigenvalue weighted by Gasteiger charge is 1.94. The van der Waals surface area contributed by atoms with E-state index in [0.717, 1.165) is 10.7 Å². The van der Waals surface area contributed by atoms with Crippen molar-refractivity contribution in [2.24, 2.45) is 0 Å². The molecule has 12 heavy (non-hydrogen) atoms. The number of nitrogens with one attached hydrogen (secondary N) is 1. The maximum Gasteiger partial charge on any atom is 0.272 e. The van der Waals surface area contributed by atoms with E-state index >= 15 is 0 Å². The van der Waals surface area contributed by atoms with Gasteiger partial charge in [0.25, 0.3) is 11.1 Å². The lowest BCUT2D eigenvalue weighted by Gasteiger charge is -1.94. The van der Waals surface area contributed by atoms with Gasteiger partial charge in [0.05, 0.1) is 0 Å². The van der Waals surface area contributed by atoms with Crippen LogP contribution in [0, 0.1) is 0 Å². The summed E-state index contributed by atoms with van der Waals surface area (Å²) in [5.41, 5.74) is -0.181. The minimum Gasteiger partial charge on any atom is -0.306 e. The van der Waals surface area contributed by atoms with Crippen molar-refractivity contribution in [2.75, 3.05) is 0 Å². The molecule has 2 heterocycles. The van der Waals surface area contributed by atoms with Crippen LogP contribution in [0.2, 0.25) is 0 Å². The number of aromatic amines is 1. The molecule has 0 aliphatic heterocycles. The van der Waals surface area contributed by atoms with Crippen molar-refractivity contribution in [3.8, 4) is 0 Å². The molecule has 5 nitrogen and oxygen atoms in total. The van der Waals surface area contributed by atoms with Crippen LogP contribution in [0.1, 0.15) is 0 Å². The molecule has 5 heteroatoms. The SMILES string of the molecule is O=c1cnn2c(=O)cccc2[nH]1. The molecule has 0 fully saturated rings. The van der Waals surface area contributed by atoms with E-state index in [1.807, 2.05) is 0 Å². The maximum absolute atomic E-state index is 11.1. The number of hydrogen-bond donors (Lipinski definition) is 1. The molecular formula is C7H5N3O2. The third kappa shape index (κ3) is 0.914. The summed E-state index contributed by atoms with van der Waals surface area (Å²) < 4.78 is 1.13. The minimum absolute atomic E-state index is 0.260. The summed E-state index contributed by atoms with van der Waals surface area (Å²) in [6.07, 6.45) is 1.06. The average Bonchev–Trinajstić information content (AvgIpc) is 2.04. The molecule has 2 rings (SSSR count). The van der Waals surface area contributed by atoms with E-state index in [0.29, 0.717) is 5.65 Å². The first-order valence-electron chi connectivity index (χ1n) is 3.35. The summed E-state index contributed by atoms with van der Waals surface area (Å²) >= 11 is 0. The second kappa shape index (κ2) is 2.30. The molecule has 0 saturated heterocycles. The Hall–Kier alpha value is -1.91. The number of H-pyrrole nitrogens is 1. The molecular weight excluding hydrogens is 158 g/mol. The second-order valence-electron chi connectivity index (χ2n) is 2.29. The lowest BCUT2D eigenvalue weighted by molar-refractivity contribution is 0.849. The van der Waals surface area contributed by atoms with Crippen molar-refractivity contribution >= 4 is 5.65 Å². The van der Waals surface area contributed by atoms with Crippen molar-refractivity contribution in [1.29, 1.82) is 0 Å². The van der Waals surface area contributed by atoms with Gasteiger partial charge in [0, 0.05) is 6.07 Å². The van der Waals surface area contributed by atoms with Crippen LogP contribution in [0.5, 0.6) is 0 Å². The highest BCUT2D eigenvalue weighted by molar-refractivity contribution is 5.34. The van der Waals surface area contributed by atoms with Crippen LogP contribution in [0.25, 0.3) is 5.65 Å². The topological polar surface area (TPSA) is 67.2 Å². The molecule has 0 bridgehead atoms. The van der Waals surface area contributed by atoms with Gasteiger partial charge in [0.1, 0.15) is 11.8 Å². The van der Waals surface area contributed by atoms with E-state index in [2.05, 4.69) is 10.1 Å². The van der Waals surface area contributed by atoms with Crippen LogP contribution in [-0.4, -0.2) is 14.6 Å². The molecule has 0 aromatic carbocycles. The van der Waals surface area contributed by atoms with Crippen molar-refractivity contribution in [3.05, 3.63) is 45.1 Å². The number of rotatable bonds is 0. The van der Waals surface area contributed by atoms with Crippen molar-refractivity contribution in [2.45, 2.75) is 0 Å². The first kappa shape index (κ1) is 6.78. The Balaban J connectivity index is 3.06. The van der Waals surface area contributed by atoms with Gasteiger partial charge < -0.3 is 4.98 Å². The lowest BCUT2D eigenvalue weighted by Crippen LogP contribution is -2.19. The highest BCUT2D eigenvalue weighted by atomic mass is 16.1. The summed E-state index contributed by atoms with van der Waals surface area (Å²) in [7, 11) is 0. The zero-order valence-corrected chi connectivity index (χ0v) is 6.02. The van der Waals surface area contributed by atoms with E-state index in [1.165, 1.54) is 6.07 Å². The Labute approximate surface area is 66.3 Å². The first-order chi connectivity index (χ1) is 5.77. The van der Waals surface area contributed by atoms with Crippen molar-refractivity contribution < 1.29 is 0 Å². The van der Waals surface area contributed by atoms with Crippen LogP contribution in [0.3, 0.4) is 0 Å². The molecule has 0 radical (unpaired) electrons. The van der Waals surface area contributed by atoms with Gasteiger partial charge in [-0.15, -0.1) is 0 Å². The Morgan fingerprint density at radius 3 is 3.00 bits per heavy atom. The summed E-state index contributed by atoms with van der Waals surface area (Å²) in [5, 5.41) is 3.64. The molecule has 60 valence electrons. The van der Waals surface area contributed by atoms with Gasteiger partial charge in [-0.1, -0.05) is 6.07 Å². The molecule has 2 aromatic rings. The van der Waals surface area contributed by atoms with Crippen molar-refractivity contribution in [1.82, 2.24) is 14.6 Å². The van der Waals surface area contributed by atoms with E-state index < -0.39 is 0 Å². The van der Waals surface area contributed by atoms with Gasteiger partial charge in [0.15, 0.2) is 0 Å². The Morgan fingerprint density at radius 2 is 2.17 bits per heavy atom. The molecule has 0 amide bonds. The van der Waals surface area contributed by atoms with Crippen LogP contribution in [0.15, 0.2) is 34.0 Å². The number of nitrogens with zero attached hydrogens (tertiary/aromatic N) is 2. The van der Waals surface area contributed by atoms with E-state index in [9.17, 15) is 9.59 Å². The first-order valence-corrected chi connectivity index (χ1v) is 3.35. The average molecular weight is 163 g/mol. The minimum atomic E-state index is -0.319. The summed E-state index contributed by atoms with van der Waals surface area (Å²) in [6.45, 7) is 0. The van der Waals surface area contributed by atoms with Gasteiger partial charge in [-0.2, -0.15) is 9.61 Å². The molecule has 0 spiro atoms. The fraction of sp³-hybridized carbons (Fsp3) is 0. The predicted molar refractivity (Wildman–Crippen MR) is 42.1 cm³/mol. The molecule has 2 aromatic heterocycles. The fourth-order valence-electron chi connectivity index (χ4n) is 0.964.